The van der Waals surface area contributed by atoms with Crippen molar-refractivity contribution in [1.29, 1.82) is 0 Å². The molecule has 0 saturated heterocycles. The lowest BCUT2D eigenvalue weighted by molar-refractivity contribution is -0.120. The van der Waals surface area contributed by atoms with Gasteiger partial charge in [-0.15, -0.1) is 0 Å². The maximum absolute atomic E-state index is 12.0. The molecular formula is C20H25N3O2. The zero-order valence-electron chi connectivity index (χ0n) is 15.0. The summed E-state index contributed by atoms with van der Waals surface area (Å²) in [5.41, 5.74) is 3.07. The number of nitrogens with zero attached hydrogens (tertiary/aromatic N) is 1. The van der Waals surface area contributed by atoms with Gasteiger partial charge in [-0.05, 0) is 36.2 Å². The van der Waals surface area contributed by atoms with Crippen LogP contribution in [0.5, 0.6) is 0 Å². The van der Waals surface area contributed by atoms with E-state index >= 15 is 0 Å². The molecule has 2 rings (SSSR count). The molecule has 0 radical (unpaired) electrons. The minimum absolute atomic E-state index is 0.147. The Labute approximate surface area is 149 Å². The van der Waals surface area contributed by atoms with Crippen molar-refractivity contribution in [3.63, 3.8) is 0 Å². The van der Waals surface area contributed by atoms with E-state index < -0.39 is 6.03 Å². The van der Waals surface area contributed by atoms with Crippen molar-refractivity contribution >= 4 is 17.6 Å². The molecule has 5 heteroatoms. The van der Waals surface area contributed by atoms with E-state index in [1.165, 1.54) is 5.56 Å². The molecule has 0 aliphatic carbocycles. The zero-order valence-corrected chi connectivity index (χ0v) is 15.0. The second-order valence-electron chi connectivity index (χ2n) is 6.44. The smallest absolute Gasteiger partial charge is 0.308 e. The Morgan fingerprint density at radius 2 is 1.64 bits per heavy atom. The Bertz CT molecular complexity index is 697. The molecule has 0 unspecified atom stereocenters. The third-order valence-electron chi connectivity index (χ3n) is 3.80. The molecule has 132 valence electrons. The fourth-order valence-corrected chi connectivity index (χ4v) is 2.47. The fourth-order valence-electron chi connectivity index (χ4n) is 2.47. The third kappa shape index (κ3) is 6.39. The van der Waals surface area contributed by atoms with E-state index in [4.69, 9.17) is 0 Å². The first-order valence-corrected chi connectivity index (χ1v) is 8.37. The van der Waals surface area contributed by atoms with Crippen LogP contribution in [0.1, 0.15) is 30.9 Å². The average molecular weight is 339 g/mol. The average Bonchev–Trinajstić information content (AvgIpc) is 2.55. The first-order valence-electron chi connectivity index (χ1n) is 8.37. The minimum Gasteiger partial charge on any atom is -0.308 e. The predicted octanol–water partition coefficient (Wildman–Crippen LogP) is 3.59. The van der Waals surface area contributed by atoms with Crippen LogP contribution in [0.2, 0.25) is 0 Å². The summed E-state index contributed by atoms with van der Waals surface area (Å²) in [5, 5.41) is 4.96. The van der Waals surface area contributed by atoms with Crippen molar-refractivity contribution in [3.05, 3.63) is 65.7 Å². The number of nitrogens with one attached hydrogen (secondary N) is 2. The number of hydrogen-bond donors (Lipinski definition) is 2. The maximum Gasteiger partial charge on any atom is 0.325 e. The molecular weight excluding hydrogens is 314 g/mol. The number of likely N-dealkylation sites (N-methyl/N-ethyl adjacent to an activating group) is 1. The molecule has 0 aliphatic heterocycles. The standard InChI is InChI=1S/C20H25N3O2/c1-15(2)17-11-9-16(10-12-17)13-23(3)14-19(24)22-20(25)21-18-7-5-4-6-8-18/h4-12,15H,13-14H2,1-3H3,(H2,21,22,24,25). The lowest BCUT2D eigenvalue weighted by atomic mass is 10.0. The Morgan fingerprint density at radius 3 is 2.24 bits per heavy atom. The SMILES string of the molecule is CC(C)c1ccc(CN(C)CC(=O)NC(=O)Nc2ccccc2)cc1. The molecule has 0 aliphatic rings. The minimum atomic E-state index is -0.522. The maximum atomic E-state index is 12.0. The summed E-state index contributed by atoms with van der Waals surface area (Å²) in [7, 11) is 1.85. The lowest BCUT2D eigenvalue weighted by Gasteiger charge is -2.16. The van der Waals surface area contributed by atoms with Crippen LogP contribution in [0.15, 0.2) is 54.6 Å². The van der Waals surface area contributed by atoms with Gasteiger partial charge in [0.1, 0.15) is 0 Å². The number of anilines is 1. The molecule has 25 heavy (non-hydrogen) atoms. The number of rotatable bonds is 6. The highest BCUT2D eigenvalue weighted by atomic mass is 16.2. The van der Waals surface area contributed by atoms with Gasteiger partial charge in [-0.25, -0.2) is 4.79 Å². The van der Waals surface area contributed by atoms with Crippen LogP contribution in [0, 0.1) is 0 Å². The van der Waals surface area contributed by atoms with Gasteiger partial charge in [0.25, 0.3) is 0 Å². The van der Waals surface area contributed by atoms with Crippen molar-refractivity contribution < 1.29 is 9.59 Å². The number of urea groups is 1. The van der Waals surface area contributed by atoms with Gasteiger partial charge in [-0.2, -0.15) is 0 Å². The van der Waals surface area contributed by atoms with Crippen molar-refractivity contribution in [3.8, 4) is 0 Å². The summed E-state index contributed by atoms with van der Waals surface area (Å²) in [4.78, 5) is 25.6. The van der Waals surface area contributed by atoms with Gasteiger partial charge in [-0.3, -0.25) is 15.0 Å². The molecule has 0 atom stereocenters. The van der Waals surface area contributed by atoms with Gasteiger partial charge in [0.15, 0.2) is 0 Å². The van der Waals surface area contributed by atoms with E-state index in [1.807, 2.05) is 30.1 Å². The van der Waals surface area contributed by atoms with E-state index in [0.717, 1.165) is 5.56 Å². The van der Waals surface area contributed by atoms with Crippen LogP contribution in [-0.2, 0) is 11.3 Å². The fraction of sp³-hybridized carbons (Fsp3) is 0.300. The van der Waals surface area contributed by atoms with Crippen LogP contribution in [0.4, 0.5) is 10.5 Å². The predicted molar refractivity (Wildman–Crippen MR) is 100 cm³/mol. The van der Waals surface area contributed by atoms with Crippen molar-refractivity contribution in [2.45, 2.75) is 26.3 Å². The number of amides is 3. The van der Waals surface area contributed by atoms with Crippen LogP contribution in [0.25, 0.3) is 0 Å². The van der Waals surface area contributed by atoms with Gasteiger partial charge in [0.2, 0.25) is 5.91 Å². The molecule has 3 amide bonds. The number of carbonyl (C=O) groups is 2. The van der Waals surface area contributed by atoms with Gasteiger partial charge < -0.3 is 5.32 Å². The molecule has 2 aromatic rings. The number of para-hydroxylation sites is 1. The largest absolute Gasteiger partial charge is 0.325 e. The molecule has 0 aromatic heterocycles. The summed E-state index contributed by atoms with van der Waals surface area (Å²) < 4.78 is 0. The second-order valence-corrected chi connectivity index (χ2v) is 6.44. The number of hydrogen-bond acceptors (Lipinski definition) is 3. The highest BCUT2D eigenvalue weighted by Gasteiger charge is 2.11. The second kappa shape index (κ2) is 8.99. The van der Waals surface area contributed by atoms with Crippen molar-refractivity contribution in [1.82, 2.24) is 10.2 Å². The van der Waals surface area contributed by atoms with Gasteiger partial charge in [0.05, 0.1) is 6.54 Å². The Hall–Kier alpha value is -2.66. The van der Waals surface area contributed by atoms with Gasteiger partial charge in [0, 0.05) is 12.2 Å². The Balaban J connectivity index is 1.78. The normalized spacial score (nSPS) is 10.8. The molecule has 0 spiro atoms. The van der Waals surface area contributed by atoms with Crippen molar-refractivity contribution in [2.24, 2.45) is 0 Å². The summed E-state index contributed by atoms with van der Waals surface area (Å²) in [6.07, 6.45) is 0. The number of benzene rings is 2. The zero-order chi connectivity index (χ0) is 18.2. The Morgan fingerprint density at radius 1 is 1.00 bits per heavy atom. The summed E-state index contributed by atoms with van der Waals surface area (Å²) in [6.45, 7) is 5.11. The highest BCUT2D eigenvalue weighted by Crippen LogP contribution is 2.15. The molecule has 2 aromatic carbocycles. The van der Waals surface area contributed by atoms with E-state index in [2.05, 4.69) is 48.7 Å². The van der Waals surface area contributed by atoms with Crippen LogP contribution >= 0.6 is 0 Å². The quantitative estimate of drug-likeness (QED) is 0.845. The molecule has 0 saturated carbocycles. The van der Waals surface area contributed by atoms with Crippen LogP contribution in [0.3, 0.4) is 0 Å². The first kappa shape index (κ1) is 18.7. The van der Waals surface area contributed by atoms with E-state index in [-0.39, 0.29) is 12.5 Å². The van der Waals surface area contributed by atoms with Crippen molar-refractivity contribution in [2.75, 3.05) is 18.9 Å². The lowest BCUT2D eigenvalue weighted by Crippen LogP contribution is -2.40. The molecule has 2 N–H and O–H groups in total. The molecule has 5 nitrogen and oxygen atoms in total. The van der Waals surface area contributed by atoms with E-state index in [0.29, 0.717) is 18.2 Å². The van der Waals surface area contributed by atoms with Crippen LogP contribution in [-0.4, -0.2) is 30.4 Å². The topological polar surface area (TPSA) is 61.4 Å². The summed E-state index contributed by atoms with van der Waals surface area (Å²) in [6, 6.07) is 16.9. The number of imide groups is 1. The van der Waals surface area contributed by atoms with Gasteiger partial charge in [-0.1, -0.05) is 56.3 Å². The molecule has 0 heterocycles. The van der Waals surface area contributed by atoms with Gasteiger partial charge >= 0.3 is 6.03 Å². The van der Waals surface area contributed by atoms with E-state index in [1.54, 1.807) is 12.1 Å². The number of carbonyl (C=O) groups excluding carboxylic acids is 2. The van der Waals surface area contributed by atoms with E-state index in [9.17, 15) is 9.59 Å². The van der Waals surface area contributed by atoms with Crippen LogP contribution < -0.4 is 10.6 Å². The Kier molecular flexibility index (Phi) is 6.71. The summed E-state index contributed by atoms with van der Waals surface area (Å²) in [5.74, 6) is 0.162. The summed E-state index contributed by atoms with van der Waals surface area (Å²) >= 11 is 0. The third-order valence-corrected chi connectivity index (χ3v) is 3.80. The monoisotopic (exact) mass is 339 g/mol. The highest BCUT2D eigenvalue weighted by molar-refractivity contribution is 6.01. The molecule has 0 fully saturated rings. The molecule has 0 bridgehead atoms. The first-order chi connectivity index (χ1) is 11.9.